The van der Waals surface area contributed by atoms with Gasteiger partial charge >= 0.3 is 0 Å². The topological polar surface area (TPSA) is 114 Å². The predicted octanol–water partition coefficient (Wildman–Crippen LogP) is 4.63. The van der Waals surface area contributed by atoms with Gasteiger partial charge in [0.05, 0.1) is 19.0 Å². The summed E-state index contributed by atoms with van der Waals surface area (Å²) >= 11 is 0. The number of nitrogens with zero attached hydrogens (tertiary/aromatic N) is 4. The SMILES string of the molecule is Nc1nc(N)c2ncn([C@@H]3O[C@H](COC(c4ccccc4)(c4ccccc4)c4ccccc4)C[C@@H]3F)c2n1. The molecule has 9 heteroatoms. The van der Waals surface area contributed by atoms with Crippen LogP contribution < -0.4 is 11.5 Å². The van der Waals surface area contributed by atoms with Crippen LogP contribution in [-0.4, -0.2) is 38.4 Å². The quantitative estimate of drug-likeness (QED) is 0.307. The van der Waals surface area contributed by atoms with Gasteiger partial charge in [-0.2, -0.15) is 9.97 Å². The third-order valence-corrected chi connectivity index (χ3v) is 6.90. The normalized spacial score (nSPS) is 19.7. The molecule has 1 aliphatic rings. The molecule has 5 aromatic rings. The van der Waals surface area contributed by atoms with Crippen LogP contribution in [0.3, 0.4) is 0 Å². The Labute approximate surface area is 219 Å². The first-order chi connectivity index (χ1) is 18.6. The molecule has 0 spiro atoms. The molecule has 0 amide bonds. The molecule has 1 saturated heterocycles. The highest BCUT2D eigenvalue weighted by atomic mass is 19.1. The van der Waals surface area contributed by atoms with Gasteiger partial charge < -0.3 is 20.9 Å². The Kier molecular flexibility index (Phi) is 6.22. The fourth-order valence-corrected chi connectivity index (χ4v) is 5.18. The second-order valence-corrected chi connectivity index (χ2v) is 9.28. The van der Waals surface area contributed by atoms with Crippen molar-refractivity contribution in [3.63, 3.8) is 0 Å². The summed E-state index contributed by atoms with van der Waals surface area (Å²) in [6, 6.07) is 30.1. The van der Waals surface area contributed by atoms with Gasteiger partial charge in [0.15, 0.2) is 17.7 Å². The molecule has 8 nitrogen and oxygen atoms in total. The Morgan fingerprint density at radius 1 is 0.868 bits per heavy atom. The molecule has 192 valence electrons. The highest BCUT2D eigenvalue weighted by molar-refractivity contribution is 5.82. The lowest BCUT2D eigenvalue weighted by molar-refractivity contribution is -0.0804. The molecular weight excluding hydrogens is 483 g/mol. The molecule has 3 aromatic carbocycles. The summed E-state index contributed by atoms with van der Waals surface area (Å²) in [6.07, 6.45) is -1.16. The summed E-state index contributed by atoms with van der Waals surface area (Å²) in [7, 11) is 0. The molecule has 0 aliphatic carbocycles. The van der Waals surface area contributed by atoms with E-state index >= 15 is 4.39 Å². The number of benzene rings is 3. The van der Waals surface area contributed by atoms with Crippen LogP contribution in [0.25, 0.3) is 11.2 Å². The van der Waals surface area contributed by atoms with Gasteiger partial charge in [0.1, 0.15) is 17.3 Å². The number of halogens is 1. The average molecular weight is 511 g/mol. The number of imidazole rings is 1. The zero-order valence-electron chi connectivity index (χ0n) is 20.5. The summed E-state index contributed by atoms with van der Waals surface area (Å²) < 4.78 is 29.9. The van der Waals surface area contributed by atoms with Crippen LogP contribution in [0.2, 0.25) is 0 Å². The monoisotopic (exact) mass is 510 g/mol. The van der Waals surface area contributed by atoms with Crippen LogP contribution in [0, 0.1) is 0 Å². The van der Waals surface area contributed by atoms with Crippen molar-refractivity contribution in [3.8, 4) is 0 Å². The zero-order valence-corrected chi connectivity index (χ0v) is 20.5. The minimum atomic E-state index is -1.31. The summed E-state index contributed by atoms with van der Waals surface area (Å²) in [5.41, 5.74) is 14.4. The largest absolute Gasteiger partial charge is 0.382 e. The molecule has 2 aromatic heterocycles. The highest BCUT2D eigenvalue weighted by Crippen LogP contribution is 2.42. The van der Waals surface area contributed by atoms with E-state index in [0.717, 1.165) is 16.7 Å². The molecule has 38 heavy (non-hydrogen) atoms. The number of aromatic nitrogens is 4. The molecular formula is C29H27FN6O2. The first kappa shape index (κ1) is 24.0. The van der Waals surface area contributed by atoms with Crippen molar-refractivity contribution < 1.29 is 13.9 Å². The van der Waals surface area contributed by atoms with E-state index < -0.39 is 24.1 Å². The smallest absolute Gasteiger partial charge is 0.224 e. The van der Waals surface area contributed by atoms with E-state index in [4.69, 9.17) is 20.9 Å². The van der Waals surface area contributed by atoms with E-state index in [1.807, 2.05) is 91.0 Å². The molecule has 3 heterocycles. The number of hydrogen-bond donors (Lipinski definition) is 2. The summed E-state index contributed by atoms with van der Waals surface area (Å²) in [6.45, 7) is 0.154. The second kappa shape index (κ2) is 9.85. The fourth-order valence-electron chi connectivity index (χ4n) is 5.18. The summed E-state index contributed by atoms with van der Waals surface area (Å²) in [5.74, 6) is 0.126. The number of ether oxygens (including phenoxy) is 2. The van der Waals surface area contributed by atoms with Crippen LogP contribution >= 0.6 is 0 Å². The number of anilines is 2. The molecule has 6 rings (SSSR count). The Bertz CT molecular complexity index is 1430. The first-order valence-electron chi connectivity index (χ1n) is 12.4. The van der Waals surface area contributed by atoms with Gasteiger partial charge in [-0.25, -0.2) is 9.37 Å². The molecule has 0 radical (unpaired) electrons. The van der Waals surface area contributed by atoms with Crippen LogP contribution in [0.4, 0.5) is 16.2 Å². The molecule has 0 saturated carbocycles. The van der Waals surface area contributed by atoms with Gasteiger partial charge in [0.25, 0.3) is 0 Å². The maximum Gasteiger partial charge on any atom is 0.224 e. The van der Waals surface area contributed by atoms with Crippen LogP contribution in [0.15, 0.2) is 97.3 Å². The maximum atomic E-state index is 15.4. The number of rotatable bonds is 7. The summed E-state index contributed by atoms with van der Waals surface area (Å²) in [5, 5.41) is 0. The van der Waals surface area contributed by atoms with Crippen molar-refractivity contribution in [1.29, 1.82) is 0 Å². The van der Waals surface area contributed by atoms with Crippen molar-refractivity contribution in [3.05, 3.63) is 114 Å². The predicted molar refractivity (Wildman–Crippen MR) is 143 cm³/mol. The Morgan fingerprint density at radius 3 is 1.97 bits per heavy atom. The van der Waals surface area contributed by atoms with Gasteiger partial charge in [-0.05, 0) is 16.7 Å². The number of alkyl halides is 1. The van der Waals surface area contributed by atoms with E-state index in [0.29, 0.717) is 11.2 Å². The van der Waals surface area contributed by atoms with Crippen molar-refractivity contribution in [2.24, 2.45) is 0 Å². The van der Waals surface area contributed by atoms with Crippen molar-refractivity contribution in [2.45, 2.75) is 30.5 Å². The Hall–Kier alpha value is -4.34. The van der Waals surface area contributed by atoms with Crippen molar-refractivity contribution in [2.75, 3.05) is 18.1 Å². The third kappa shape index (κ3) is 4.15. The van der Waals surface area contributed by atoms with E-state index in [1.54, 1.807) is 0 Å². The van der Waals surface area contributed by atoms with Crippen molar-refractivity contribution in [1.82, 2.24) is 19.5 Å². The van der Waals surface area contributed by atoms with Crippen LogP contribution in [0.5, 0.6) is 0 Å². The number of fused-ring (bicyclic) bond motifs is 1. The van der Waals surface area contributed by atoms with Gasteiger partial charge in [-0.15, -0.1) is 0 Å². The molecule has 0 unspecified atom stereocenters. The van der Waals surface area contributed by atoms with Crippen molar-refractivity contribution >= 4 is 22.9 Å². The lowest BCUT2D eigenvalue weighted by Gasteiger charge is -2.36. The molecule has 4 N–H and O–H groups in total. The number of nitrogens with two attached hydrogens (primary N) is 2. The fraction of sp³-hybridized carbons (Fsp3) is 0.207. The van der Waals surface area contributed by atoms with Gasteiger partial charge in [0.2, 0.25) is 5.95 Å². The van der Waals surface area contributed by atoms with E-state index in [9.17, 15) is 0 Å². The summed E-state index contributed by atoms with van der Waals surface area (Å²) in [4.78, 5) is 12.4. The second-order valence-electron chi connectivity index (χ2n) is 9.28. The van der Waals surface area contributed by atoms with Crippen LogP contribution in [-0.2, 0) is 15.1 Å². The van der Waals surface area contributed by atoms with E-state index in [2.05, 4.69) is 15.0 Å². The Balaban J connectivity index is 1.34. The highest BCUT2D eigenvalue weighted by Gasteiger charge is 2.42. The lowest BCUT2D eigenvalue weighted by atomic mass is 9.80. The Morgan fingerprint density at radius 2 is 1.42 bits per heavy atom. The molecule has 1 fully saturated rings. The van der Waals surface area contributed by atoms with E-state index in [-0.39, 0.29) is 24.8 Å². The van der Waals surface area contributed by atoms with Gasteiger partial charge in [0, 0.05) is 6.42 Å². The molecule has 1 aliphatic heterocycles. The first-order valence-corrected chi connectivity index (χ1v) is 12.4. The standard InChI is InChI=1S/C29H27FN6O2/c30-23-16-22(38-27(23)36-18-33-24-25(31)34-28(32)35-26(24)36)17-37-29(19-10-4-1-5-11-19,20-12-6-2-7-13-20)21-14-8-3-9-15-21/h1-15,18,22-23,27H,16-17H2,(H4,31,32,34,35)/t22-,23-,27+/m0/s1. The average Bonchev–Trinajstić information content (AvgIpc) is 3.54. The van der Waals surface area contributed by atoms with Gasteiger partial charge in [-0.3, -0.25) is 4.57 Å². The molecule has 3 atom stereocenters. The van der Waals surface area contributed by atoms with Crippen LogP contribution in [0.1, 0.15) is 29.3 Å². The lowest BCUT2D eigenvalue weighted by Crippen LogP contribution is -2.35. The van der Waals surface area contributed by atoms with E-state index in [1.165, 1.54) is 10.9 Å². The van der Waals surface area contributed by atoms with Gasteiger partial charge in [-0.1, -0.05) is 91.0 Å². The number of nitrogen functional groups attached to an aromatic ring is 2. The third-order valence-electron chi connectivity index (χ3n) is 6.90. The maximum absolute atomic E-state index is 15.4. The minimum Gasteiger partial charge on any atom is -0.382 e. The molecule has 0 bridgehead atoms. The zero-order chi connectivity index (χ0) is 26.1. The number of hydrogen-bond acceptors (Lipinski definition) is 7. The minimum absolute atomic E-state index is 0.0107.